The molecule has 0 saturated heterocycles. The molecule has 0 fully saturated rings. The first-order valence-electron chi connectivity index (χ1n) is 10.1. The highest BCUT2D eigenvalue weighted by molar-refractivity contribution is 7.73. The summed E-state index contributed by atoms with van der Waals surface area (Å²) in [5.41, 5.74) is 2.74. The van der Waals surface area contributed by atoms with Crippen molar-refractivity contribution in [2.75, 3.05) is 29.9 Å². The molecule has 0 bridgehead atoms. The zero-order valence-corrected chi connectivity index (χ0v) is 20.0. The van der Waals surface area contributed by atoms with Crippen LogP contribution in [-0.4, -0.2) is 57.0 Å². The van der Waals surface area contributed by atoms with Crippen LogP contribution in [0.1, 0.15) is 42.6 Å². The van der Waals surface area contributed by atoms with E-state index in [1.807, 2.05) is 6.07 Å². The van der Waals surface area contributed by atoms with E-state index in [4.69, 9.17) is 9.47 Å². The number of ether oxygens (including phenoxy) is 2. The summed E-state index contributed by atoms with van der Waals surface area (Å²) in [5, 5.41) is 16.0. The third-order valence-electron chi connectivity index (χ3n) is 4.90. The van der Waals surface area contributed by atoms with Crippen LogP contribution in [0, 0.1) is 0 Å². The standard InChI is InChI=1S/C19H26N6O5S2/c1-11(2)25-12(3)5-6-13-9-14(15(10-16(13)25)24-32(27)28)20-22-19-23-21-17(31-19)18(26)30-8-7-29-4/h9-12,32H,5-8H2,1-4H3,(H,24,27,28). The molecule has 3 rings (SSSR count). The van der Waals surface area contributed by atoms with E-state index in [2.05, 4.69) is 50.8 Å². The van der Waals surface area contributed by atoms with Gasteiger partial charge in [0.1, 0.15) is 12.3 Å². The number of esters is 1. The normalized spacial score (nSPS) is 16.1. The first kappa shape index (κ1) is 24.0. The van der Waals surface area contributed by atoms with Gasteiger partial charge in [0, 0.05) is 24.9 Å². The fraction of sp³-hybridized carbons (Fsp3) is 0.526. The Morgan fingerprint density at radius 3 is 2.78 bits per heavy atom. The van der Waals surface area contributed by atoms with Gasteiger partial charge in [-0.05, 0) is 51.3 Å². The molecule has 11 nitrogen and oxygen atoms in total. The van der Waals surface area contributed by atoms with Crippen molar-refractivity contribution in [3.05, 3.63) is 22.7 Å². The topological polar surface area (TPSA) is 135 Å². The van der Waals surface area contributed by atoms with Gasteiger partial charge in [-0.2, -0.15) is 0 Å². The molecule has 0 amide bonds. The molecule has 13 heteroatoms. The van der Waals surface area contributed by atoms with Crippen molar-refractivity contribution in [1.29, 1.82) is 0 Å². The molecule has 2 heterocycles. The van der Waals surface area contributed by atoms with Crippen LogP contribution >= 0.6 is 11.3 Å². The smallest absolute Gasteiger partial charge is 0.369 e. The number of nitrogens with zero attached hydrogens (tertiary/aromatic N) is 5. The quantitative estimate of drug-likeness (QED) is 0.241. The number of hydrogen-bond donors (Lipinski definition) is 2. The number of methoxy groups -OCH3 is 1. The molecule has 2 aromatic rings. The predicted octanol–water partition coefficient (Wildman–Crippen LogP) is 3.24. The van der Waals surface area contributed by atoms with Gasteiger partial charge in [-0.15, -0.1) is 20.4 Å². The number of fused-ring (bicyclic) bond motifs is 1. The van der Waals surface area contributed by atoms with Crippen LogP contribution in [0.2, 0.25) is 0 Å². The fourth-order valence-electron chi connectivity index (χ4n) is 3.57. The Morgan fingerprint density at radius 2 is 2.09 bits per heavy atom. The molecule has 1 aliphatic heterocycles. The second-order valence-corrected chi connectivity index (χ2v) is 9.17. The van der Waals surface area contributed by atoms with Crippen molar-refractivity contribution in [3.8, 4) is 0 Å². The van der Waals surface area contributed by atoms with Gasteiger partial charge >= 0.3 is 5.97 Å². The van der Waals surface area contributed by atoms with Crippen LogP contribution in [0.4, 0.5) is 22.2 Å². The zero-order chi connectivity index (χ0) is 23.3. The van der Waals surface area contributed by atoms with E-state index in [0.29, 0.717) is 17.4 Å². The van der Waals surface area contributed by atoms with E-state index in [1.165, 1.54) is 7.11 Å². The Balaban J connectivity index is 1.88. The molecule has 1 atom stereocenters. The van der Waals surface area contributed by atoms with Crippen molar-refractivity contribution < 1.29 is 22.7 Å². The monoisotopic (exact) mass is 482 g/mol. The van der Waals surface area contributed by atoms with Crippen LogP contribution in [0.15, 0.2) is 22.4 Å². The summed E-state index contributed by atoms with van der Waals surface area (Å²) in [6.07, 6.45) is 1.83. The SMILES string of the molecule is COCCOC(=O)c1nnc(N=Nc2cc3c(cc2N[SH](=O)=O)N(C(C)C)C(C)CC3)s1. The van der Waals surface area contributed by atoms with Gasteiger partial charge in [-0.3, -0.25) is 4.72 Å². The van der Waals surface area contributed by atoms with Crippen molar-refractivity contribution in [2.45, 2.75) is 45.7 Å². The van der Waals surface area contributed by atoms with Gasteiger partial charge in [0.05, 0.1) is 12.3 Å². The van der Waals surface area contributed by atoms with Crippen LogP contribution in [0.5, 0.6) is 0 Å². The van der Waals surface area contributed by atoms with Gasteiger partial charge < -0.3 is 14.4 Å². The Labute approximate surface area is 191 Å². The maximum Gasteiger partial charge on any atom is 0.369 e. The van der Waals surface area contributed by atoms with Gasteiger partial charge in [-0.1, -0.05) is 11.3 Å². The minimum Gasteiger partial charge on any atom is -0.458 e. The molecular formula is C19H26N6O5S2. The number of rotatable bonds is 9. The number of benzene rings is 1. The summed E-state index contributed by atoms with van der Waals surface area (Å²) in [6, 6.07) is 4.23. The Hall–Kier alpha value is -2.64. The summed E-state index contributed by atoms with van der Waals surface area (Å²) in [4.78, 5) is 14.2. The number of aryl methyl sites for hydroxylation is 1. The number of carbonyl (C=O) groups is 1. The lowest BCUT2D eigenvalue weighted by Gasteiger charge is -2.40. The van der Waals surface area contributed by atoms with Gasteiger partial charge in [0.15, 0.2) is 0 Å². The molecule has 0 aliphatic carbocycles. The molecular weight excluding hydrogens is 456 g/mol. The van der Waals surface area contributed by atoms with Crippen molar-refractivity contribution in [3.63, 3.8) is 0 Å². The second kappa shape index (κ2) is 10.8. The minimum absolute atomic E-state index is 0.0445. The predicted molar refractivity (Wildman–Crippen MR) is 122 cm³/mol. The molecule has 1 aromatic heterocycles. The minimum atomic E-state index is -2.89. The average molecular weight is 483 g/mol. The van der Waals surface area contributed by atoms with E-state index in [0.717, 1.165) is 35.4 Å². The van der Waals surface area contributed by atoms with E-state index < -0.39 is 16.9 Å². The Kier molecular flexibility index (Phi) is 8.10. The fourth-order valence-corrected chi connectivity index (χ4v) is 4.51. The lowest BCUT2D eigenvalue weighted by molar-refractivity contribution is 0.0387. The number of hydrogen-bond acceptors (Lipinski definition) is 11. The Morgan fingerprint density at radius 1 is 1.31 bits per heavy atom. The number of thiol groups is 1. The number of anilines is 2. The molecule has 32 heavy (non-hydrogen) atoms. The lowest BCUT2D eigenvalue weighted by Crippen LogP contribution is -2.42. The van der Waals surface area contributed by atoms with Crippen LogP contribution < -0.4 is 9.62 Å². The molecule has 1 N–H and O–H groups in total. The molecule has 0 spiro atoms. The van der Waals surface area contributed by atoms with Crippen molar-refractivity contribution in [1.82, 2.24) is 10.2 Å². The third-order valence-corrected chi connectivity index (χ3v) is 6.11. The summed E-state index contributed by atoms with van der Waals surface area (Å²) in [5.74, 6) is -0.622. The maximum absolute atomic E-state index is 11.9. The van der Waals surface area contributed by atoms with E-state index in [-0.39, 0.29) is 29.4 Å². The largest absolute Gasteiger partial charge is 0.458 e. The molecule has 1 unspecified atom stereocenters. The van der Waals surface area contributed by atoms with Gasteiger partial charge in [0.25, 0.3) is 5.13 Å². The van der Waals surface area contributed by atoms with Crippen LogP contribution in [-0.2, 0) is 26.8 Å². The second-order valence-electron chi connectivity index (χ2n) is 7.47. The number of aromatic nitrogens is 2. The molecule has 1 aromatic carbocycles. The van der Waals surface area contributed by atoms with Crippen LogP contribution in [0.25, 0.3) is 0 Å². The van der Waals surface area contributed by atoms with Crippen molar-refractivity contribution >= 4 is 50.4 Å². The van der Waals surface area contributed by atoms with Gasteiger partial charge in [0.2, 0.25) is 15.9 Å². The first-order chi connectivity index (χ1) is 15.3. The Bertz CT molecular complexity index is 1060. The number of azo groups is 1. The number of nitrogens with one attached hydrogen (secondary N) is 1. The van der Waals surface area contributed by atoms with E-state index in [1.54, 1.807) is 6.07 Å². The highest BCUT2D eigenvalue weighted by atomic mass is 32.2. The lowest BCUT2D eigenvalue weighted by atomic mass is 9.94. The van der Waals surface area contributed by atoms with Crippen molar-refractivity contribution in [2.24, 2.45) is 10.2 Å². The average Bonchev–Trinajstić information content (AvgIpc) is 3.21. The molecule has 0 radical (unpaired) electrons. The first-order valence-corrected chi connectivity index (χ1v) is 12.1. The zero-order valence-electron chi connectivity index (χ0n) is 18.3. The number of carbonyl (C=O) groups excluding carboxylic acids is 1. The summed E-state index contributed by atoms with van der Waals surface area (Å²) in [7, 11) is -1.39. The highest BCUT2D eigenvalue weighted by Crippen LogP contribution is 2.40. The van der Waals surface area contributed by atoms with E-state index >= 15 is 0 Å². The summed E-state index contributed by atoms with van der Waals surface area (Å²) >= 11 is 0.925. The highest BCUT2D eigenvalue weighted by Gasteiger charge is 2.26. The van der Waals surface area contributed by atoms with Gasteiger partial charge in [-0.25, -0.2) is 13.2 Å². The maximum atomic E-state index is 11.9. The summed E-state index contributed by atoms with van der Waals surface area (Å²) < 4.78 is 35.0. The molecule has 0 saturated carbocycles. The van der Waals surface area contributed by atoms with Crippen LogP contribution in [0.3, 0.4) is 0 Å². The third kappa shape index (κ3) is 5.78. The molecule has 1 aliphatic rings. The summed E-state index contributed by atoms with van der Waals surface area (Å²) in [6.45, 7) is 6.75. The molecule has 174 valence electrons. The van der Waals surface area contributed by atoms with E-state index in [9.17, 15) is 13.2 Å².